The Balaban J connectivity index is 2.14. The Morgan fingerprint density at radius 3 is 2.33 bits per heavy atom. The summed E-state index contributed by atoms with van der Waals surface area (Å²) in [5, 5.41) is 3.25. The first kappa shape index (κ1) is 15.4. The molecule has 1 aromatic carbocycles. The second-order valence-corrected chi connectivity index (χ2v) is 6.04. The number of aromatic nitrogens is 2. The number of hydrogen-bond donors (Lipinski definition) is 1. The van der Waals surface area contributed by atoms with E-state index in [0.717, 1.165) is 6.26 Å². The van der Waals surface area contributed by atoms with Gasteiger partial charge < -0.3 is 4.52 Å². The zero-order valence-corrected chi connectivity index (χ0v) is 11.5. The average Bonchev–Trinajstić information content (AvgIpc) is 2.85. The van der Waals surface area contributed by atoms with Crippen LogP contribution in [0.2, 0.25) is 0 Å². The summed E-state index contributed by atoms with van der Waals surface area (Å²) >= 11 is 0. The van der Waals surface area contributed by atoms with E-state index in [9.17, 15) is 21.6 Å². The van der Waals surface area contributed by atoms with Crippen LogP contribution in [-0.4, -0.2) is 24.8 Å². The number of alkyl halides is 3. The van der Waals surface area contributed by atoms with Crippen molar-refractivity contribution in [1.82, 2.24) is 14.9 Å². The van der Waals surface area contributed by atoms with Gasteiger partial charge in [-0.15, -0.1) is 0 Å². The lowest BCUT2D eigenvalue weighted by Crippen LogP contribution is -2.21. The van der Waals surface area contributed by atoms with Gasteiger partial charge in [-0.05, 0) is 5.56 Å². The summed E-state index contributed by atoms with van der Waals surface area (Å²) in [6.45, 7) is 0.0825. The molecule has 10 heteroatoms. The zero-order valence-electron chi connectivity index (χ0n) is 10.7. The molecule has 0 radical (unpaired) electrons. The SMILES string of the molecule is CS(=O)(=O)NCc1ccc(-c2noc(C(F)(F)F)n2)cc1. The molecule has 1 heterocycles. The van der Waals surface area contributed by atoms with Crippen molar-refractivity contribution >= 4 is 10.0 Å². The van der Waals surface area contributed by atoms with Crippen LogP contribution >= 0.6 is 0 Å². The standard InChI is InChI=1S/C11H10F3N3O3S/c1-21(18,19)15-6-7-2-4-8(5-3-7)9-16-10(20-17-9)11(12,13)14/h2-5,15H,6H2,1H3. The molecule has 0 saturated carbocycles. The zero-order chi connectivity index (χ0) is 15.7. The highest BCUT2D eigenvalue weighted by molar-refractivity contribution is 7.88. The average molecular weight is 321 g/mol. The fraction of sp³-hybridized carbons (Fsp3) is 0.273. The highest BCUT2D eigenvalue weighted by Crippen LogP contribution is 2.29. The van der Waals surface area contributed by atoms with Crippen molar-refractivity contribution in [3.63, 3.8) is 0 Å². The van der Waals surface area contributed by atoms with E-state index < -0.39 is 22.1 Å². The third-order valence-corrected chi connectivity index (χ3v) is 3.09. The molecule has 21 heavy (non-hydrogen) atoms. The number of nitrogens with zero attached hydrogens (tertiary/aromatic N) is 2. The van der Waals surface area contributed by atoms with Gasteiger partial charge in [0.2, 0.25) is 15.8 Å². The second-order valence-electron chi connectivity index (χ2n) is 4.21. The fourth-order valence-corrected chi connectivity index (χ4v) is 1.87. The summed E-state index contributed by atoms with van der Waals surface area (Å²) in [5.74, 6) is -1.61. The molecule has 0 unspecified atom stereocenters. The summed E-state index contributed by atoms with van der Waals surface area (Å²) in [7, 11) is -3.31. The maximum Gasteiger partial charge on any atom is 0.471 e. The highest BCUT2D eigenvalue weighted by atomic mass is 32.2. The normalized spacial score (nSPS) is 12.6. The van der Waals surface area contributed by atoms with Gasteiger partial charge in [-0.3, -0.25) is 0 Å². The molecule has 114 valence electrons. The molecule has 0 atom stereocenters. The quantitative estimate of drug-likeness (QED) is 0.928. The highest BCUT2D eigenvalue weighted by Gasteiger charge is 2.38. The molecule has 0 amide bonds. The minimum absolute atomic E-state index is 0.0825. The van der Waals surface area contributed by atoms with Crippen LogP contribution < -0.4 is 4.72 Å². The molecule has 0 spiro atoms. The number of nitrogens with one attached hydrogen (secondary N) is 1. The first-order valence-corrected chi connectivity index (χ1v) is 7.49. The predicted octanol–water partition coefficient (Wildman–Crippen LogP) is 1.80. The van der Waals surface area contributed by atoms with E-state index >= 15 is 0 Å². The molecular formula is C11H10F3N3O3S. The van der Waals surface area contributed by atoms with Crippen LogP contribution in [0.1, 0.15) is 11.5 Å². The minimum Gasteiger partial charge on any atom is -0.329 e. The largest absolute Gasteiger partial charge is 0.471 e. The van der Waals surface area contributed by atoms with Crippen molar-refractivity contribution in [3.05, 3.63) is 35.7 Å². The van der Waals surface area contributed by atoms with E-state index in [0.29, 0.717) is 11.1 Å². The van der Waals surface area contributed by atoms with Crippen LogP contribution in [0.5, 0.6) is 0 Å². The smallest absolute Gasteiger partial charge is 0.329 e. The lowest BCUT2D eigenvalue weighted by molar-refractivity contribution is -0.159. The van der Waals surface area contributed by atoms with E-state index in [1.807, 2.05) is 0 Å². The Hall–Kier alpha value is -1.94. The lowest BCUT2D eigenvalue weighted by atomic mass is 10.1. The number of sulfonamides is 1. The molecule has 2 rings (SSSR count). The monoisotopic (exact) mass is 321 g/mol. The number of halogens is 3. The summed E-state index contributed by atoms with van der Waals surface area (Å²) in [5.41, 5.74) is 0.973. The molecular weight excluding hydrogens is 311 g/mol. The van der Waals surface area contributed by atoms with E-state index in [1.165, 1.54) is 12.1 Å². The molecule has 0 aliphatic heterocycles. The summed E-state index contributed by atoms with van der Waals surface area (Å²) < 4.78 is 65.3. The van der Waals surface area contributed by atoms with Crippen molar-refractivity contribution in [2.75, 3.05) is 6.26 Å². The van der Waals surface area contributed by atoms with Gasteiger partial charge in [0, 0.05) is 12.1 Å². The first-order chi connectivity index (χ1) is 9.65. The Kier molecular flexibility index (Phi) is 4.01. The maximum atomic E-state index is 12.3. The molecule has 2 aromatic rings. The summed E-state index contributed by atoms with van der Waals surface area (Å²) in [6, 6.07) is 6.06. The summed E-state index contributed by atoms with van der Waals surface area (Å²) in [4.78, 5) is 3.25. The van der Waals surface area contributed by atoms with Crippen LogP contribution in [-0.2, 0) is 22.7 Å². The molecule has 1 aromatic heterocycles. The predicted molar refractivity (Wildman–Crippen MR) is 66.4 cm³/mol. The molecule has 1 N–H and O–H groups in total. The molecule has 0 aliphatic rings. The van der Waals surface area contributed by atoms with Crippen LogP contribution in [0.4, 0.5) is 13.2 Å². The van der Waals surface area contributed by atoms with Gasteiger partial charge in [-0.2, -0.15) is 18.2 Å². The Morgan fingerprint density at radius 1 is 1.24 bits per heavy atom. The minimum atomic E-state index is -4.69. The molecule has 0 bridgehead atoms. The van der Waals surface area contributed by atoms with Crippen molar-refractivity contribution in [1.29, 1.82) is 0 Å². The van der Waals surface area contributed by atoms with Gasteiger partial charge in [-0.25, -0.2) is 13.1 Å². The number of benzene rings is 1. The first-order valence-electron chi connectivity index (χ1n) is 5.60. The summed E-state index contributed by atoms with van der Waals surface area (Å²) in [6.07, 6.45) is -3.66. The van der Waals surface area contributed by atoms with Crippen molar-refractivity contribution in [2.45, 2.75) is 12.7 Å². The fourth-order valence-electron chi connectivity index (χ4n) is 1.44. The van der Waals surface area contributed by atoms with Gasteiger partial charge in [0.15, 0.2) is 0 Å². The molecule has 6 nitrogen and oxygen atoms in total. The number of rotatable bonds is 4. The van der Waals surface area contributed by atoms with Gasteiger partial charge in [0.1, 0.15) is 0 Å². The van der Waals surface area contributed by atoms with Gasteiger partial charge in [0.05, 0.1) is 6.26 Å². The van der Waals surface area contributed by atoms with Crippen molar-refractivity contribution < 1.29 is 26.1 Å². The van der Waals surface area contributed by atoms with Crippen LogP contribution in [0.25, 0.3) is 11.4 Å². The second kappa shape index (κ2) is 5.45. The number of hydrogen-bond acceptors (Lipinski definition) is 5. The maximum absolute atomic E-state index is 12.3. The van der Waals surface area contributed by atoms with Crippen LogP contribution in [0.3, 0.4) is 0 Å². The van der Waals surface area contributed by atoms with E-state index in [2.05, 4.69) is 19.4 Å². The Bertz CT molecular complexity index is 723. The van der Waals surface area contributed by atoms with Crippen LogP contribution in [0, 0.1) is 0 Å². The van der Waals surface area contributed by atoms with Gasteiger partial charge >= 0.3 is 12.1 Å². The van der Waals surface area contributed by atoms with Crippen molar-refractivity contribution in [3.8, 4) is 11.4 Å². The van der Waals surface area contributed by atoms with E-state index in [4.69, 9.17) is 0 Å². The third-order valence-electron chi connectivity index (χ3n) is 2.42. The molecule has 0 aliphatic carbocycles. The Morgan fingerprint density at radius 2 is 1.86 bits per heavy atom. The van der Waals surface area contributed by atoms with Crippen molar-refractivity contribution in [2.24, 2.45) is 0 Å². The van der Waals surface area contributed by atoms with Gasteiger partial charge in [0.25, 0.3) is 0 Å². The van der Waals surface area contributed by atoms with E-state index in [-0.39, 0.29) is 12.4 Å². The Labute approximate surface area is 118 Å². The van der Waals surface area contributed by atoms with Crippen LogP contribution in [0.15, 0.2) is 28.8 Å². The topological polar surface area (TPSA) is 85.1 Å². The molecule has 0 saturated heterocycles. The molecule has 0 fully saturated rings. The van der Waals surface area contributed by atoms with Gasteiger partial charge in [-0.1, -0.05) is 29.4 Å². The lowest BCUT2D eigenvalue weighted by Gasteiger charge is -2.03. The van der Waals surface area contributed by atoms with E-state index in [1.54, 1.807) is 12.1 Å². The third kappa shape index (κ3) is 4.26.